The summed E-state index contributed by atoms with van der Waals surface area (Å²) in [5.41, 5.74) is 10.4. The van der Waals surface area contributed by atoms with Crippen LogP contribution < -0.4 is 10.9 Å². The molecule has 0 aliphatic rings. The fraction of sp³-hybridized carbons (Fsp3) is 0.500. The smallest absolute Gasteiger partial charge is 0.270 e. The zero-order valence-electron chi connectivity index (χ0n) is 3.86. The molecule has 5 heteroatoms. The molecule has 0 saturated carbocycles. The third-order valence-corrected chi connectivity index (χ3v) is 0.333. The fourth-order valence-electron chi connectivity index (χ4n) is 0.135. The number of amides is 2. The number of carbonyl (C=O) groups is 1. The van der Waals surface area contributed by atoms with Crippen LogP contribution in [0.2, 0.25) is 0 Å². The van der Waals surface area contributed by atoms with E-state index < -0.39 is 6.03 Å². The fourth-order valence-corrected chi connectivity index (χ4v) is 0.135. The Morgan fingerprint density at radius 3 is 2.57 bits per heavy atom. The number of hydrogen-bond acceptors (Lipinski definition) is 3. The zero-order chi connectivity index (χ0) is 5.70. The summed E-state index contributed by atoms with van der Waals surface area (Å²) in [6, 6.07) is -0.692. The normalized spacial score (nSPS) is 7.57. The average Bonchev–Trinajstić information content (AvgIpc) is 1.68. The van der Waals surface area contributed by atoms with Crippen LogP contribution in [0.25, 0.3) is 0 Å². The van der Waals surface area contributed by atoms with Crippen molar-refractivity contribution in [3.63, 3.8) is 0 Å². The molecule has 0 aromatic rings. The summed E-state index contributed by atoms with van der Waals surface area (Å²) >= 11 is 0. The second-order valence-corrected chi connectivity index (χ2v) is 0.792. The van der Waals surface area contributed by atoms with Crippen molar-refractivity contribution in [3.05, 3.63) is 0 Å². The summed E-state index contributed by atoms with van der Waals surface area (Å²) in [7, 11) is 1.52. The molecule has 0 saturated heterocycles. The number of nitrogens with zero attached hydrogens (tertiary/aromatic N) is 1. The Bertz CT molecular complexity index is 79.8. The molecule has 0 aromatic carbocycles. The second kappa shape index (κ2) is 3.23. The molecule has 0 heterocycles. The van der Waals surface area contributed by atoms with Gasteiger partial charge < -0.3 is 0 Å². The molecule has 7 heavy (non-hydrogen) atoms. The lowest BCUT2D eigenvalue weighted by molar-refractivity contribution is 0.244. The summed E-state index contributed by atoms with van der Waals surface area (Å²) in [6.07, 6.45) is 0. The van der Waals surface area contributed by atoms with Gasteiger partial charge in [0.2, 0.25) is 0 Å². The molecule has 0 atom stereocenters. The predicted molar refractivity (Wildman–Crippen MR) is 22.7 cm³/mol. The summed E-state index contributed by atoms with van der Waals surface area (Å²) in [6.45, 7) is 0. The van der Waals surface area contributed by atoms with Gasteiger partial charge in [-0.15, -0.1) is 0 Å². The van der Waals surface area contributed by atoms with Gasteiger partial charge in [0.25, 0.3) is 0 Å². The maximum atomic E-state index is 9.88. The molecule has 0 aliphatic heterocycles. The van der Waals surface area contributed by atoms with Crippen LogP contribution >= 0.6 is 0 Å². The Hall–Kier alpha value is -0.970. The first-order valence-corrected chi connectivity index (χ1v) is 1.65. The first-order valence-electron chi connectivity index (χ1n) is 1.65. The molecular weight excluding hydrogens is 96.0 g/mol. The van der Waals surface area contributed by atoms with Crippen molar-refractivity contribution in [2.75, 3.05) is 7.05 Å². The van der Waals surface area contributed by atoms with E-state index in [-0.39, 0.29) is 0 Å². The van der Waals surface area contributed by atoms with Crippen molar-refractivity contribution in [1.29, 1.82) is 5.53 Å². The molecule has 40 valence electrons. The summed E-state index contributed by atoms with van der Waals surface area (Å²) in [5.74, 6) is 0. The van der Waals surface area contributed by atoms with Crippen LogP contribution in [0.1, 0.15) is 0 Å². The third kappa shape index (κ3) is 2.84. The highest BCUT2D eigenvalue weighted by Gasteiger charge is 1.87. The standard InChI is InChI=1S/C2H6N4O/c1-4-6-2(7)5-3/h3-4H,1H3,(H,6,7). The van der Waals surface area contributed by atoms with Gasteiger partial charge in [0, 0.05) is 7.05 Å². The molecule has 0 aromatic heterocycles. The van der Waals surface area contributed by atoms with E-state index in [4.69, 9.17) is 5.53 Å². The van der Waals surface area contributed by atoms with Crippen LogP contribution in [-0.4, -0.2) is 13.1 Å². The van der Waals surface area contributed by atoms with E-state index in [2.05, 4.69) is 16.0 Å². The Morgan fingerprint density at radius 1 is 1.86 bits per heavy atom. The number of hydrazine groups is 1. The van der Waals surface area contributed by atoms with Gasteiger partial charge in [-0.3, -0.25) is 5.43 Å². The van der Waals surface area contributed by atoms with E-state index in [1.54, 1.807) is 0 Å². The van der Waals surface area contributed by atoms with Crippen molar-refractivity contribution in [2.24, 2.45) is 5.11 Å². The minimum atomic E-state index is -0.692. The lowest BCUT2D eigenvalue weighted by Gasteiger charge is -1.90. The van der Waals surface area contributed by atoms with Crippen LogP contribution in [-0.2, 0) is 0 Å². The molecule has 0 fully saturated rings. The topological polar surface area (TPSA) is 77.3 Å². The van der Waals surface area contributed by atoms with Gasteiger partial charge in [-0.25, -0.2) is 10.2 Å². The van der Waals surface area contributed by atoms with Gasteiger partial charge in [-0.05, 0) is 0 Å². The van der Waals surface area contributed by atoms with E-state index in [1.807, 2.05) is 0 Å². The molecule has 5 nitrogen and oxygen atoms in total. The SMILES string of the molecule is CNNC(=O)N=N. The maximum absolute atomic E-state index is 9.88. The van der Waals surface area contributed by atoms with Crippen LogP contribution in [0.15, 0.2) is 5.11 Å². The molecule has 0 bridgehead atoms. The second-order valence-electron chi connectivity index (χ2n) is 0.792. The van der Waals surface area contributed by atoms with Crippen molar-refractivity contribution in [2.45, 2.75) is 0 Å². The van der Waals surface area contributed by atoms with Crippen LogP contribution in [0.4, 0.5) is 4.79 Å². The lowest BCUT2D eigenvalue weighted by Crippen LogP contribution is -2.31. The highest BCUT2D eigenvalue weighted by Crippen LogP contribution is 1.63. The monoisotopic (exact) mass is 102 g/mol. The molecule has 2 amide bonds. The third-order valence-electron chi connectivity index (χ3n) is 0.333. The van der Waals surface area contributed by atoms with E-state index in [9.17, 15) is 4.79 Å². The van der Waals surface area contributed by atoms with Crippen molar-refractivity contribution in [3.8, 4) is 0 Å². The van der Waals surface area contributed by atoms with E-state index in [0.717, 1.165) is 0 Å². The first kappa shape index (κ1) is 6.03. The summed E-state index contributed by atoms with van der Waals surface area (Å²) in [5, 5.41) is 2.52. The number of nitrogens with one attached hydrogen (secondary N) is 3. The number of urea groups is 1. The van der Waals surface area contributed by atoms with E-state index in [1.165, 1.54) is 7.05 Å². The van der Waals surface area contributed by atoms with Gasteiger partial charge in [0.15, 0.2) is 0 Å². The Labute approximate surface area is 40.6 Å². The molecule has 0 radical (unpaired) electrons. The van der Waals surface area contributed by atoms with Crippen LogP contribution in [0, 0.1) is 5.53 Å². The highest BCUT2D eigenvalue weighted by molar-refractivity contribution is 5.73. The number of carbonyl (C=O) groups excluding carboxylic acids is 1. The zero-order valence-corrected chi connectivity index (χ0v) is 3.86. The van der Waals surface area contributed by atoms with Crippen LogP contribution in [0.5, 0.6) is 0 Å². The van der Waals surface area contributed by atoms with Gasteiger partial charge >= 0.3 is 6.03 Å². The first-order chi connectivity index (χ1) is 3.31. The molecule has 0 spiro atoms. The van der Waals surface area contributed by atoms with Gasteiger partial charge in [-0.2, -0.15) is 5.53 Å². The molecular formula is C2H6N4O. The number of hydrogen-bond donors (Lipinski definition) is 3. The average molecular weight is 102 g/mol. The van der Waals surface area contributed by atoms with Crippen molar-refractivity contribution < 1.29 is 4.79 Å². The predicted octanol–water partition coefficient (Wildman–Crippen LogP) is -0.139. The van der Waals surface area contributed by atoms with Crippen molar-refractivity contribution in [1.82, 2.24) is 10.9 Å². The summed E-state index contributed by atoms with van der Waals surface area (Å²) in [4.78, 5) is 9.88. The molecule has 0 rings (SSSR count). The highest BCUT2D eigenvalue weighted by atomic mass is 16.2. The quantitative estimate of drug-likeness (QED) is 0.318. The Morgan fingerprint density at radius 2 is 2.43 bits per heavy atom. The Kier molecular flexibility index (Phi) is 2.78. The van der Waals surface area contributed by atoms with E-state index >= 15 is 0 Å². The molecule has 0 unspecified atom stereocenters. The maximum Gasteiger partial charge on any atom is 0.373 e. The van der Waals surface area contributed by atoms with Gasteiger partial charge in [0.05, 0.1) is 0 Å². The molecule has 3 N–H and O–H groups in total. The van der Waals surface area contributed by atoms with Crippen molar-refractivity contribution >= 4 is 6.03 Å². The van der Waals surface area contributed by atoms with Gasteiger partial charge in [0.1, 0.15) is 0 Å². The van der Waals surface area contributed by atoms with Crippen LogP contribution in [0.3, 0.4) is 0 Å². The Balaban J connectivity index is 3.17. The minimum absolute atomic E-state index is 0.692. The largest absolute Gasteiger partial charge is 0.373 e. The minimum Gasteiger partial charge on any atom is -0.270 e. The lowest BCUT2D eigenvalue weighted by atomic mass is 11.1. The molecule has 0 aliphatic carbocycles. The van der Waals surface area contributed by atoms with Gasteiger partial charge in [-0.1, -0.05) is 5.11 Å². The number of rotatable bonds is 1. The van der Waals surface area contributed by atoms with E-state index in [0.29, 0.717) is 0 Å². The summed E-state index contributed by atoms with van der Waals surface area (Å²) < 4.78 is 0.